The number of nitrogens with one attached hydrogen (secondary N) is 1. The van der Waals surface area contributed by atoms with E-state index in [-0.39, 0.29) is 6.61 Å². The third-order valence-corrected chi connectivity index (χ3v) is 3.39. The van der Waals surface area contributed by atoms with E-state index in [0.29, 0.717) is 21.9 Å². The molecule has 2 heterocycles. The van der Waals surface area contributed by atoms with Gasteiger partial charge in [-0.15, -0.1) is 12.6 Å². The molecule has 2 rings (SSSR count). The highest BCUT2D eigenvalue weighted by Gasteiger charge is 2.34. The summed E-state index contributed by atoms with van der Waals surface area (Å²) in [5, 5.41) is 12.7. The van der Waals surface area contributed by atoms with Crippen molar-refractivity contribution in [3.63, 3.8) is 0 Å². The number of nitrogens with zero attached hydrogens (tertiary/aromatic N) is 1. The summed E-state index contributed by atoms with van der Waals surface area (Å²) < 4.78 is 10.2. The molecule has 0 saturated heterocycles. The Morgan fingerprint density at radius 2 is 2.40 bits per heavy atom. The highest BCUT2D eigenvalue weighted by Crippen LogP contribution is 2.39. The van der Waals surface area contributed by atoms with Crippen LogP contribution in [-0.4, -0.2) is 12.6 Å². The lowest BCUT2D eigenvalue weighted by Gasteiger charge is -2.26. The number of dihydropyridines is 1. The summed E-state index contributed by atoms with van der Waals surface area (Å²) in [4.78, 5) is 12.2. The lowest BCUT2D eigenvalue weighted by molar-refractivity contribution is -0.138. The van der Waals surface area contributed by atoms with Gasteiger partial charge in [0.15, 0.2) is 0 Å². The van der Waals surface area contributed by atoms with Gasteiger partial charge in [0.2, 0.25) is 0 Å². The van der Waals surface area contributed by atoms with Gasteiger partial charge in [0.1, 0.15) is 0 Å². The van der Waals surface area contributed by atoms with Gasteiger partial charge in [-0.1, -0.05) is 0 Å². The zero-order valence-electron chi connectivity index (χ0n) is 11.1. The van der Waals surface area contributed by atoms with E-state index in [1.54, 1.807) is 19.9 Å². The first-order valence-electron chi connectivity index (χ1n) is 6.10. The summed E-state index contributed by atoms with van der Waals surface area (Å²) >= 11 is 4.28. The van der Waals surface area contributed by atoms with E-state index >= 15 is 0 Å². The maximum absolute atomic E-state index is 12.2. The first-order valence-corrected chi connectivity index (χ1v) is 6.55. The minimum Gasteiger partial charge on any atom is -0.472 e. The Labute approximate surface area is 122 Å². The molecule has 0 fully saturated rings. The van der Waals surface area contributed by atoms with Crippen molar-refractivity contribution in [1.29, 1.82) is 5.26 Å². The zero-order valence-corrected chi connectivity index (χ0v) is 12.0. The highest BCUT2D eigenvalue weighted by molar-refractivity contribution is 7.84. The van der Waals surface area contributed by atoms with E-state index in [1.807, 2.05) is 0 Å². The van der Waals surface area contributed by atoms with Crippen LogP contribution in [0.15, 0.2) is 44.9 Å². The Morgan fingerprint density at radius 1 is 1.65 bits per heavy atom. The van der Waals surface area contributed by atoms with Crippen LogP contribution in [0.2, 0.25) is 0 Å². The number of furan rings is 1. The summed E-state index contributed by atoms with van der Waals surface area (Å²) in [7, 11) is 0. The van der Waals surface area contributed by atoms with Crippen LogP contribution < -0.4 is 5.32 Å². The Balaban J connectivity index is 2.55. The van der Waals surface area contributed by atoms with E-state index < -0.39 is 11.9 Å². The number of allylic oxidation sites excluding steroid dienone is 2. The van der Waals surface area contributed by atoms with Gasteiger partial charge in [-0.05, 0) is 19.9 Å². The third-order valence-electron chi connectivity index (χ3n) is 3.03. The van der Waals surface area contributed by atoms with E-state index in [9.17, 15) is 10.1 Å². The predicted octanol–water partition coefficient (Wildman–Crippen LogP) is 2.47. The number of esters is 1. The molecule has 1 N–H and O–H groups in total. The van der Waals surface area contributed by atoms with Crippen molar-refractivity contribution < 1.29 is 13.9 Å². The number of ether oxygens (including phenoxy) is 1. The van der Waals surface area contributed by atoms with Crippen LogP contribution in [0.25, 0.3) is 0 Å². The molecular weight excluding hydrogens is 276 g/mol. The molecule has 6 heteroatoms. The fourth-order valence-corrected chi connectivity index (χ4v) is 2.53. The van der Waals surface area contributed by atoms with Crippen molar-refractivity contribution in [3.05, 3.63) is 46.0 Å². The van der Waals surface area contributed by atoms with Gasteiger partial charge in [0, 0.05) is 11.3 Å². The molecule has 1 aromatic heterocycles. The topological polar surface area (TPSA) is 75.3 Å². The summed E-state index contributed by atoms with van der Waals surface area (Å²) in [6, 6.07) is 3.82. The average Bonchev–Trinajstić information content (AvgIpc) is 2.91. The van der Waals surface area contributed by atoms with Gasteiger partial charge in [0.05, 0.1) is 47.3 Å². The molecule has 0 bridgehead atoms. The molecule has 0 saturated carbocycles. The molecule has 1 aliphatic heterocycles. The predicted molar refractivity (Wildman–Crippen MR) is 75.5 cm³/mol. The van der Waals surface area contributed by atoms with Gasteiger partial charge < -0.3 is 14.5 Å². The molecule has 0 amide bonds. The standard InChI is InChI=1S/C14H14N2O3S/c1-3-19-14(17)11-8(2)16-13(20)10(6-15)12(11)9-4-5-18-7-9/h4-5,7,12,16,20H,3H2,1-2H3/t12-/m0/s1. The van der Waals surface area contributed by atoms with E-state index in [4.69, 9.17) is 9.15 Å². The monoisotopic (exact) mass is 290 g/mol. The van der Waals surface area contributed by atoms with Gasteiger partial charge in [-0.3, -0.25) is 0 Å². The molecule has 0 spiro atoms. The molecular formula is C14H14N2O3S. The van der Waals surface area contributed by atoms with Crippen LogP contribution in [0.3, 0.4) is 0 Å². The van der Waals surface area contributed by atoms with E-state index in [1.165, 1.54) is 12.5 Å². The molecule has 0 aliphatic carbocycles. The maximum atomic E-state index is 12.2. The second-order valence-corrected chi connectivity index (χ2v) is 4.70. The van der Waals surface area contributed by atoms with Gasteiger partial charge in [-0.25, -0.2) is 4.79 Å². The number of nitriles is 1. The summed E-state index contributed by atoms with van der Waals surface area (Å²) in [5.41, 5.74) is 2.11. The first kappa shape index (κ1) is 14.3. The number of carbonyl (C=O) groups excluding carboxylic acids is 1. The Hall–Kier alpha value is -2.13. The molecule has 20 heavy (non-hydrogen) atoms. The molecule has 0 aromatic carbocycles. The van der Waals surface area contributed by atoms with Gasteiger partial charge in [-0.2, -0.15) is 5.26 Å². The lowest BCUT2D eigenvalue weighted by Crippen LogP contribution is -2.27. The summed E-state index contributed by atoms with van der Waals surface area (Å²) in [5.74, 6) is -0.969. The second-order valence-electron chi connectivity index (χ2n) is 4.25. The zero-order chi connectivity index (χ0) is 14.7. The van der Waals surface area contributed by atoms with E-state index in [0.717, 1.165) is 5.56 Å². The number of rotatable bonds is 3. The van der Waals surface area contributed by atoms with Crippen LogP contribution in [0.1, 0.15) is 25.3 Å². The fourth-order valence-electron chi connectivity index (χ4n) is 2.18. The number of hydrogen-bond donors (Lipinski definition) is 2. The van der Waals surface area contributed by atoms with Gasteiger partial charge >= 0.3 is 5.97 Å². The normalized spacial score (nSPS) is 18.6. The van der Waals surface area contributed by atoms with Crippen molar-refractivity contribution in [2.24, 2.45) is 0 Å². The molecule has 104 valence electrons. The Bertz CT molecular complexity index is 623. The molecule has 0 radical (unpaired) electrons. The number of thiol groups is 1. The lowest BCUT2D eigenvalue weighted by atomic mass is 9.84. The fraction of sp³-hybridized carbons (Fsp3) is 0.286. The molecule has 1 atom stereocenters. The number of carbonyl (C=O) groups is 1. The first-order chi connectivity index (χ1) is 9.60. The minimum absolute atomic E-state index is 0.271. The van der Waals surface area contributed by atoms with Crippen LogP contribution in [-0.2, 0) is 9.53 Å². The summed E-state index contributed by atoms with van der Waals surface area (Å²) in [6.45, 7) is 3.76. The molecule has 1 aromatic rings. The number of hydrogen-bond acceptors (Lipinski definition) is 6. The van der Waals surface area contributed by atoms with Crippen molar-refractivity contribution in [3.8, 4) is 6.07 Å². The highest BCUT2D eigenvalue weighted by atomic mass is 32.1. The average molecular weight is 290 g/mol. The Morgan fingerprint density at radius 3 is 2.95 bits per heavy atom. The maximum Gasteiger partial charge on any atom is 0.336 e. The van der Waals surface area contributed by atoms with Crippen LogP contribution in [0.4, 0.5) is 0 Å². The third kappa shape index (κ3) is 2.45. The van der Waals surface area contributed by atoms with Crippen LogP contribution in [0.5, 0.6) is 0 Å². The van der Waals surface area contributed by atoms with Crippen molar-refractivity contribution in [2.75, 3.05) is 6.61 Å². The SMILES string of the molecule is CCOC(=O)C1=C(C)NC(S)=C(C#N)[C@@H]1c1ccoc1. The molecule has 1 aliphatic rings. The second kappa shape index (κ2) is 5.88. The smallest absolute Gasteiger partial charge is 0.336 e. The minimum atomic E-state index is -0.522. The molecule has 5 nitrogen and oxygen atoms in total. The molecule has 0 unspecified atom stereocenters. The summed E-state index contributed by atoms with van der Waals surface area (Å²) in [6.07, 6.45) is 3.02. The Kier molecular flexibility index (Phi) is 4.20. The van der Waals surface area contributed by atoms with Crippen LogP contribution >= 0.6 is 12.6 Å². The van der Waals surface area contributed by atoms with Crippen molar-refractivity contribution >= 4 is 18.6 Å². The van der Waals surface area contributed by atoms with Gasteiger partial charge in [0.25, 0.3) is 0 Å². The van der Waals surface area contributed by atoms with Crippen molar-refractivity contribution in [2.45, 2.75) is 19.8 Å². The van der Waals surface area contributed by atoms with E-state index in [2.05, 4.69) is 24.0 Å². The van der Waals surface area contributed by atoms with Crippen LogP contribution in [0, 0.1) is 11.3 Å². The largest absolute Gasteiger partial charge is 0.472 e. The van der Waals surface area contributed by atoms with Crippen molar-refractivity contribution in [1.82, 2.24) is 5.32 Å². The quantitative estimate of drug-likeness (QED) is 0.660.